The number of aromatic nitrogens is 4. The minimum Gasteiger partial charge on any atom is -0.313 e. The minimum atomic E-state index is 0.432. The highest BCUT2D eigenvalue weighted by atomic mass is 15.6. The van der Waals surface area contributed by atoms with Crippen molar-refractivity contribution in [1.82, 2.24) is 30.4 Å². The van der Waals surface area contributed by atoms with Gasteiger partial charge in [-0.25, -0.2) is 0 Å². The molecule has 98 valence electrons. The summed E-state index contributed by atoms with van der Waals surface area (Å²) in [6.45, 7) is 4.29. The molecule has 0 aliphatic carbocycles. The quantitative estimate of drug-likeness (QED) is 0.697. The zero-order valence-electron chi connectivity index (χ0n) is 11.3. The van der Waals surface area contributed by atoms with Gasteiger partial charge < -0.3 is 10.2 Å². The Morgan fingerprint density at radius 3 is 2.71 bits per heavy atom. The maximum absolute atomic E-state index is 4.23. The van der Waals surface area contributed by atoms with E-state index in [2.05, 4.69) is 46.6 Å². The van der Waals surface area contributed by atoms with E-state index in [1.165, 1.54) is 4.80 Å². The molecule has 1 atom stereocenters. The molecular weight excluding hydrogens is 216 g/mol. The second-order valence-corrected chi connectivity index (χ2v) is 4.64. The van der Waals surface area contributed by atoms with Crippen LogP contribution in [0.2, 0.25) is 0 Å². The summed E-state index contributed by atoms with van der Waals surface area (Å²) in [5.74, 6) is 0.819. The fourth-order valence-electron chi connectivity index (χ4n) is 1.66. The van der Waals surface area contributed by atoms with Crippen molar-refractivity contribution < 1.29 is 0 Å². The SMILES string of the molecule is CCCNC(CCN(C)C)Cc1nnn(C)n1. The number of nitrogens with zero attached hydrogens (tertiary/aromatic N) is 5. The predicted molar refractivity (Wildman–Crippen MR) is 67.8 cm³/mol. The normalized spacial score (nSPS) is 13.2. The third-order valence-corrected chi connectivity index (χ3v) is 2.59. The lowest BCUT2D eigenvalue weighted by Crippen LogP contribution is -2.35. The Labute approximate surface area is 103 Å². The van der Waals surface area contributed by atoms with Crippen LogP contribution in [0.15, 0.2) is 0 Å². The molecule has 0 spiro atoms. The van der Waals surface area contributed by atoms with Gasteiger partial charge in [-0.2, -0.15) is 4.80 Å². The molecule has 1 rings (SSSR count). The molecule has 0 saturated heterocycles. The van der Waals surface area contributed by atoms with Crippen molar-refractivity contribution in [3.05, 3.63) is 5.82 Å². The number of aryl methyl sites for hydroxylation is 1. The second-order valence-electron chi connectivity index (χ2n) is 4.64. The van der Waals surface area contributed by atoms with E-state index in [4.69, 9.17) is 0 Å². The zero-order valence-corrected chi connectivity index (χ0v) is 11.3. The standard InChI is InChI=1S/C11H24N6/c1-5-7-12-10(6-8-16(2)3)9-11-13-15-17(4)14-11/h10,12H,5-9H2,1-4H3. The lowest BCUT2D eigenvalue weighted by molar-refractivity contribution is 0.354. The van der Waals surface area contributed by atoms with Crippen molar-refractivity contribution in [1.29, 1.82) is 0 Å². The largest absolute Gasteiger partial charge is 0.313 e. The van der Waals surface area contributed by atoms with Crippen molar-refractivity contribution in [2.24, 2.45) is 7.05 Å². The van der Waals surface area contributed by atoms with Gasteiger partial charge in [0.2, 0.25) is 0 Å². The minimum absolute atomic E-state index is 0.432. The molecule has 1 heterocycles. The first-order valence-corrected chi connectivity index (χ1v) is 6.22. The molecule has 1 aromatic heterocycles. The Morgan fingerprint density at radius 2 is 2.18 bits per heavy atom. The third-order valence-electron chi connectivity index (χ3n) is 2.59. The Bertz CT molecular complexity index is 309. The molecule has 1 unspecified atom stereocenters. The van der Waals surface area contributed by atoms with E-state index in [1.54, 1.807) is 7.05 Å². The van der Waals surface area contributed by atoms with Crippen LogP contribution in [-0.2, 0) is 13.5 Å². The second kappa shape index (κ2) is 7.34. The highest BCUT2D eigenvalue weighted by Gasteiger charge is 2.12. The smallest absolute Gasteiger partial charge is 0.176 e. The summed E-state index contributed by atoms with van der Waals surface area (Å²) >= 11 is 0. The summed E-state index contributed by atoms with van der Waals surface area (Å²) in [4.78, 5) is 3.71. The van der Waals surface area contributed by atoms with Crippen LogP contribution >= 0.6 is 0 Å². The van der Waals surface area contributed by atoms with Gasteiger partial charge in [0, 0.05) is 12.5 Å². The summed E-state index contributed by atoms with van der Waals surface area (Å²) in [5.41, 5.74) is 0. The Kier molecular flexibility index (Phi) is 6.07. The Hall–Kier alpha value is -1.01. The molecule has 1 aromatic rings. The van der Waals surface area contributed by atoms with E-state index in [0.29, 0.717) is 6.04 Å². The Morgan fingerprint density at radius 1 is 1.41 bits per heavy atom. The van der Waals surface area contributed by atoms with Gasteiger partial charge in [-0.15, -0.1) is 10.2 Å². The molecule has 0 radical (unpaired) electrons. The van der Waals surface area contributed by atoms with E-state index in [-0.39, 0.29) is 0 Å². The van der Waals surface area contributed by atoms with Crippen molar-refractivity contribution in [3.63, 3.8) is 0 Å². The number of hydrogen-bond acceptors (Lipinski definition) is 5. The molecule has 6 heteroatoms. The molecule has 1 N–H and O–H groups in total. The van der Waals surface area contributed by atoms with E-state index in [1.807, 2.05) is 0 Å². The van der Waals surface area contributed by atoms with Crippen LogP contribution in [0.4, 0.5) is 0 Å². The molecule has 17 heavy (non-hydrogen) atoms. The third kappa shape index (κ3) is 5.74. The molecule has 0 aliphatic heterocycles. The maximum Gasteiger partial charge on any atom is 0.176 e. The van der Waals surface area contributed by atoms with Crippen molar-refractivity contribution in [3.8, 4) is 0 Å². The van der Waals surface area contributed by atoms with Crippen LogP contribution < -0.4 is 5.32 Å². The van der Waals surface area contributed by atoms with E-state index >= 15 is 0 Å². The first-order chi connectivity index (χ1) is 8.11. The molecule has 0 bridgehead atoms. The molecular formula is C11H24N6. The van der Waals surface area contributed by atoms with Crippen LogP contribution in [0.1, 0.15) is 25.6 Å². The average Bonchev–Trinajstić information content (AvgIpc) is 2.68. The summed E-state index contributed by atoms with van der Waals surface area (Å²) < 4.78 is 0. The first-order valence-electron chi connectivity index (χ1n) is 6.22. The van der Waals surface area contributed by atoms with E-state index < -0.39 is 0 Å². The number of tetrazole rings is 1. The van der Waals surface area contributed by atoms with Gasteiger partial charge in [0.05, 0.1) is 7.05 Å². The molecule has 6 nitrogen and oxygen atoms in total. The highest BCUT2D eigenvalue weighted by Crippen LogP contribution is 2.01. The van der Waals surface area contributed by atoms with Gasteiger partial charge in [-0.1, -0.05) is 6.92 Å². The topological polar surface area (TPSA) is 58.9 Å². The Balaban J connectivity index is 2.44. The van der Waals surface area contributed by atoms with Gasteiger partial charge in [0.15, 0.2) is 5.82 Å². The molecule has 0 aromatic carbocycles. The van der Waals surface area contributed by atoms with E-state index in [0.717, 1.165) is 38.2 Å². The molecule has 0 fully saturated rings. The maximum atomic E-state index is 4.23. The van der Waals surface area contributed by atoms with E-state index in [9.17, 15) is 0 Å². The first kappa shape index (κ1) is 14.1. The van der Waals surface area contributed by atoms with Gasteiger partial charge in [0.25, 0.3) is 0 Å². The molecule has 0 amide bonds. The van der Waals surface area contributed by atoms with Crippen molar-refractivity contribution >= 4 is 0 Å². The zero-order chi connectivity index (χ0) is 12.7. The van der Waals surface area contributed by atoms with Gasteiger partial charge in [-0.05, 0) is 45.2 Å². The van der Waals surface area contributed by atoms with Gasteiger partial charge in [-0.3, -0.25) is 0 Å². The van der Waals surface area contributed by atoms with Crippen LogP contribution in [0.5, 0.6) is 0 Å². The van der Waals surface area contributed by atoms with Crippen LogP contribution in [0.3, 0.4) is 0 Å². The lowest BCUT2D eigenvalue weighted by atomic mass is 10.1. The van der Waals surface area contributed by atoms with Crippen LogP contribution in [0.25, 0.3) is 0 Å². The number of hydrogen-bond donors (Lipinski definition) is 1. The van der Waals surface area contributed by atoms with Crippen molar-refractivity contribution in [2.75, 3.05) is 27.2 Å². The monoisotopic (exact) mass is 240 g/mol. The van der Waals surface area contributed by atoms with Gasteiger partial charge in [0.1, 0.15) is 0 Å². The summed E-state index contributed by atoms with van der Waals surface area (Å²) in [7, 11) is 5.99. The highest BCUT2D eigenvalue weighted by molar-refractivity contribution is 4.84. The summed E-state index contributed by atoms with van der Waals surface area (Å²) in [5, 5.41) is 15.7. The van der Waals surface area contributed by atoms with Crippen LogP contribution in [0, 0.1) is 0 Å². The summed E-state index contributed by atoms with van der Waals surface area (Å²) in [6.07, 6.45) is 3.10. The van der Waals surface area contributed by atoms with Gasteiger partial charge >= 0.3 is 0 Å². The number of rotatable bonds is 8. The fraction of sp³-hybridized carbons (Fsp3) is 0.909. The van der Waals surface area contributed by atoms with Crippen LogP contribution in [-0.4, -0.2) is 58.3 Å². The molecule has 0 aliphatic rings. The predicted octanol–water partition coefficient (Wildman–Crippen LogP) is 0.0725. The fourth-order valence-corrected chi connectivity index (χ4v) is 1.66. The molecule has 0 saturated carbocycles. The lowest BCUT2D eigenvalue weighted by Gasteiger charge is -2.19. The average molecular weight is 240 g/mol. The number of nitrogens with one attached hydrogen (secondary N) is 1. The van der Waals surface area contributed by atoms with Crippen molar-refractivity contribution in [2.45, 2.75) is 32.2 Å². The summed E-state index contributed by atoms with van der Waals surface area (Å²) in [6, 6.07) is 0.432.